The van der Waals surface area contributed by atoms with Gasteiger partial charge in [0.1, 0.15) is 0 Å². The Kier molecular flexibility index (Phi) is 7.11. The van der Waals surface area contributed by atoms with Gasteiger partial charge in [0.05, 0.1) is 12.5 Å². The van der Waals surface area contributed by atoms with Crippen molar-refractivity contribution in [3.63, 3.8) is 0 Å². The highest BCUT2D eigenvalue weighted by atomic mass is 16.4. The maximum absolute atomic E-state index is 12.1. The third-order valence-electron chi connectivity index (χ3n) is 4.09. The Balaban J connectivity index is 2.24. The van der Waals surface area contributed by atoms with E-state index in [1.165, 1.54) is 0 Å². The van der Waals surface area contributed by atoms with Crippen molar-refractivity contribution in [1.29, 1.82) is 0 Å². The van der Waals surface area contributed by atoms with Crippen molar-refractivity contribution in [2.24, 2.45) is 11.3 Å². The number of carboxylic acids is 1. The summed E-state index contributed by atoms with van der Waals surface area (Å²) in [7, 11) is 0. The molecule has 0 radical (unpaired) electrons. The SMILES string of the molecule is CC(C)(CCCO)CNCC(=O)N1CCC(C(=O)O)CC1. The molecule has 6 nitrogen and oxygen atoms in total. The van der Waals surface area contributed by atoms with Crippen molar-refractivity contribution < 1.29 is 19.8 Å². The van der Waals surface area contributed by atoms with E-state index < -0.39 is 5.97 Å². The van der Waals surface area contributed by atoms with E-state index in [9.17, 15) is 9.59 Å². The second-order valence-corrected chi connectivity index (χ2v) is 6.59. The molecular weight excluding hydrogens is 272 g/mol. The zero-order chi connectivity index (χ0) is 15.9. The summed E-state index contributed by atoms with van der Waals surface area (Å²) in [5.74, 6) is -1.03. The Hall–Kier alpha value is -1.14. The van der Waals surface area contributed by atoms with Gasteiger partial charge in [0.15, 0.2) is 0 Å². The van der Waals surface area contributed by atoms with Crippen LogP contribution in [0.3, 0.4) is 0 Å². The lowest BCUT2D eigenvalue weighted by Gasteiger charge is -2.31. The van der Waals surface area contributed by atoms with Gasteiger partial charge in [0.25, 0.3) is 0 Å². The maximum atomic E-state index is 12.1. The Labute approximate surface area is 126 Å². The predicted molar refractivity (Wildman–Crippen MR) is 79.9 cm³/mol. The van der Waals surface area contributed by atoms with Crippen LogP contribution in [-0.2, 0) is 9.59 Å². The molecule has 1 amide bonds. The Morgan fingerprint density at radius 2 is 1.90 bits per heavy atom. The smallest absolute Gasteiger partial charge is 0.306 e. The molecule has 3 N–H and O–H groups in total. The minimum absolute atomic E-state index is 0.0387. The number of aliphatic hydroxyl groups excluding tert-OH is 1. The molecule has 6 heteroatoms. The molecule has 0 aromatic rings. The van der Waals surface area contributed by atoms with Gasteiger partial charge in [-0.3, -0.25) is 9.59 Å². The highest BCUT2D eigenvalue weighted by Crippen LogP contribution is 2.21. The van der Waals surface area contributed by atoms with Crippen molar-refractivity contribution in [2.45, 2.75) is 39.5 Å². The van der Waals surface area contributed by atoms with Crippen LogP contribution in [0, 0.1) is 11.3 Å². The molecule has 0 aromatic carbocycles. The average molecular weight is 300 g/mol. The van der Waals surface area contributed by atoms with Crippen LogP contribution in [-0.4, -0.2) is 59.8 Å². The van der Waals surface area contributed by atoms with E-state index in [2.05, 4.69) is 19.2 Å². The van der Waals surface area contributed by atoms with E-state index in [-0.39, 0.29) is 23.8 Å². The van der Waals surface area contributed by atoms with Gasteiger partial charge < -0.3 is 20.4 Å². The highest BCUT2D eigenvalue weighted by Gasteiger charge is 2.27. The number of amides is 1. The number of piperidine rings is 1. The number of carbonyl (C=O) groups is 2. The first kappa shape index (κ1) is 17.9. The molecule has 122 valence electrons. The van der Waals surface area contributed by atoms with Crippen LogP contribution in [0.4, 0.5) is 0 Å². The maximum Gasteiger partial charge on any atom is 0.306 e. The molecule has 21 heavy (non-hydrogen) atoms. The molecule has 0 unspecified atom stereocenters. The quantitative estimate of drug-likeness (QED) is 0.614. The van der Waals surface area contributed by atoms with Crippen LogP contribution >= 0.6 is 0 Å². The highest BCUT2D eigenvalue weighted by molar-refractivity contribution is 5.78. The van der Waals surface area contributed by atoms with E-state index >= 15 is 0 Å². The van der Waals surface area contributed by atoms with E-state index in [4.69, 9.17) is 10.2 Å². The molecule has 0 spiro atoms. The molecule has 0 saturated carbocycles. The number of hydrogen-bond donors (Lipinski definition) is 3. The lowest BCUT2D eigenvalue weighted by atomic mass is 9.88. The van der Waals surface area contributed by atoms with Crippen LogP contribution in [0.1, 0.15) is 39.5 Å². The summed E-state index contributed by atoms with van der Waals surface area (Å²) in [6.45, 7) is 6.50. The van der Waals surface area contributed by atoms with E-state index in [0.717, 1.165) is 19.4 Å². The second-order valence-electron chi connectivity index (χ2n) is 6.59. The van der Waals surface area contributed by atoms with E-state index in [0.29, 0.717) is 32.5 Å². The molecule has 1 aliphatic heterocycles. The number of aliphatic hydroxyl groups is 1. The lowest BCUT2D eigenvalue weighted by molar-refractivity contribution is -0.145. The van der Waals surface area contributed by atoms with Gasteiger partial charge in [-0.25, -0.2) is 0 Å². The van der Waals surface area contributed by atoms with Crippen molar-refractivity contribution in [1.82, 2.24) is 10.2 Å². The van der Waals surface area contributed by atoms with Gasteiger partial charge in [-0.05, 0) is 31.1 Å². The number of carbonyl (C=O) groups excluding carboxylic acids is 1. The molecule has 1 aliphatic rings. The summed E-state index contributed by atoms with van der Waals surface area (Å²) in [4.78, 5) is 24.7. The molecule has 1 rings (SSSR count). The summed E-state index contributed by atoms with van der Waals surface area (Å²) in [6, 6.07) is 0. The van der Waals surface area contributed by atoms with Crippen molar-refractivity contribution in [2.75, 3.05) is 32.8 Å². The topological polar surface area (TPSA) is 89.9 Å². The Morgan fingerprint density at radius 1 is 1.29 bits per heavy atom. The van der Waals surface area contributed by atoms with Crippen LogP contribution in [0.2, 0.25) is 0 Å². The summed E-state index contributed by atoms with van der Waals surface area (Å²) in [5.41, 5.74) is 0.0549. The van der Waals surface area contributed by atoms with E-state index in [1.807, 2.05) is 0 Å². The number of carboxylic acid groups (broad SMARTS) is 1. The first-order chi connectivity index (χ1) is 9.85. The van der Waals surface area contributed by atoms with Crippen LogP contribution in [0.25, 0.3) is 0 Å². The fourth-order valence-electron chi connectivity index (χ4n) is 2.64. The van der Waals surface area contributed by atoms with Gasteiger partial charge in [0, 0.05) is 26.2 Å². The number of nitrogens with zero attached hydrogens (tertiary/aromatic N) is 1. The first-order valence-electron chi connectivity index (χ1n) is 7.68. The Bertz CT molecular complexity index is 350. The predicted octanol–water partition coefficient (Wildman–Crippen LogP) is 0.698. The third kappa shape index (κ3) is 6.44. The van der Waals surface area contributed by atoms with Gasteiger partial charge in [0.2, 0.25) is 5.91 Å². The number of rotatable bonds is 8. The van der Waals surface area contributed by atoms with Crippen LogP contribution < -0.4 is 5.32 Å². The zero-order valence-corrected chi connectivity index (χ0v) is 13.1. The van der Waals surface area contributed by atoms with Crippen molar-refractivity contribution >= 4 is 11.9 Å². The molecular formula is C15H28N2O4. The minimum Gasteiger partial charge on any atom is -0.481 e. The van der Waals surface area contributed by atoms with Gasteiger partial charge in [-0.1, -0.05) is 13.8 Å². The first-order valence-corrected chi connectivity index (χ1v) is 7.68. The molecule has 0 aromatic heterocycles. The number of hydrogen-bond acceptors (Lipinski definition) is 4. The lowest BCUT2D eigenvalue weighted by Crippen LogP contribution is -2.45. The zero-order valence-electron chi connectivity index (χ0n) is 13.1. The molecule has 0 aliphatic carbocycles. The molecule has 1 fully saturated rings. The third-order valence-corrected chi connectivity index (χ3v) is 4.09. The summed E-state index contributed by atoms with van der Waals surface area (Å²) in [5, 5.41) is 21.0. The Morgan fingerprint density at radius 3 is 2.43 bits per heavy atom. The second kappa shape index (κ2) is 8.34. The molecule has 1 saturated heterocycles. The summed E-state index contributed by atoms with van der Waals surface area (Å²) < 4.78 is 0. The minimum atomic E-state index is -0.758. The molecule has 0 atom stereocenters. The summed E-state index contributed by atoms with van der Waals surface area (Å²) in [6.07, 6.45) is 2.77. The van der Waals surface area contributed by atoms with E-state index in [1.54, 1.807) is 4.90 Å². The molecule has 0 bridgehead atoms. The number of likely N-dealkylation sites (tertiary alicyclic amines) is 1. The number of aliphatic carboxylic acids is 1. The van der Waals surface area contributed by atoms with Crippen LogP contribution in [0.15, 0.2) is 0 Å². The van der Waals surface area contributed by atoms with Crippen molar-refractivity contribution in [3.8, 4) is 0 Å². The summed E-state index contributed by atoms with van der Waals surface area (Å²) >= 11 is 0. The standard InChI is InChI=1S/C15H28N2O4/c1-15(2,6-3-9-18)11-16-10-13(19)17-7-4-12(5-8-17)14(20)21/h12,16,18H,3-11H2,1-2H3,(H,20,21). The number of nitrogens with one attached hydrogen (secondary N) is 1. The molecule has 1 heterocycles. The average Bonchev–Trinajstić information content (AvgIpc) is 2.45. The fourth-order valence-corrected chi connectivity index (χ4v) is 2.64. The normalized spacial score (nSPS) is 17.0. The largest absolute Gasteiger partial charge is 0.481 e. The van der Waals surface area contributed by atoms with Crippen molar-refractivity contribution in [3.05, 3.63) is 0 Å². The van der Waals surface area contributed by atoms with Gasteiger partial charge in [-0.2, -0.15) is 0 Å². The fraction of sp³-hybridized carbons (Fsp3) is 0.867. The van der Waals surface area contributed by atoms with Crippen LogP contribution in [0.5, 0.6) is 0 Å². The van der Waals surface area contributed by atoms with Gasteiger partial charge >= 0.3 is 5.97 Å². The monoisotopic (exact) mass is 300 g/mol. The van der Waals surface area contributed by atoms with Gasteiger partial charge in [-0.15, -0.1) is 0 Å².